The van der Waals surface area contributed by atoms with Gasteiger partial charge in [-0.25, -0.2) is 4.98 Å². The van der Waals surface area contributed by atoms with E-state index in [1.807, 2.05) is 54.6 Å². The lowest BCUT2D eigenvalue weighted by Gasteiger charge is -2.23. The fourth-order valence-electron chi connectivity index (χ4n) is 2.94. The molecule has 3 aromatic rings. The third-order valence-electron chi connectivity index (χ3n) is 4.37. The third-order valence-corrected chi connectivity index (χ3v) is 4.37. The molecule has 0 aliphatic heterocycles. The molecule has 0 aliphatic carbocycles. The van der Waals surface area contributed by atoms with Crippen LogP contribution in [0, 0.1) is 5.92 Å². The van der Waals surface area contributed by atoms with Gasteiger partial charge in [-0.15, -0.1) is 0 Å². The zero-order valence-corrected chi connectivity index (χ0v) is 15.8. The van der Waals surface area contributed by atoms with Gasteiger partial charge in [0.2, 0.25) is 11.8 Å². The van der Waals surface area contributed by atoms with E-state index in [0.717, 1.165) is 16.9 Å². The van der Waals surface area contributed by atoms with Crippen LogP contribution in [0.2, 0.25) is 0 Å². The highest BCUT2D eigenvalue weighted by molar-refractivity contribution is 5.78. The van der Waals surface area contributed by atoms with E-state index in [9.17, 15) is 4.79 Å². The number of carbonyl (C=O) groups excluding carboxylic acids is 1. The average molecular weight is 364 g/mol. The van der Waals surface area contributed by atoms with Crippen LogP contribution in [-0.2, 0) is 11.2 Å². The van der Waals surface area contributed by atoms with Crippen LogP contribution in [0.1, 0.15) is 31.1 Å². The Morgan fingerprint density at radius 1 is 1.11 bits per heavy atom. The van der Waals surface area contributed by atoms with E-state index in [2.05, 4.69) is 24.1 Å². The molecule has 5 nitrogen and oxygen atoms in total. The summed E-state index contributed by atoms with van der Waals surface area (Å²) in [7, 11) is 1.64. The second kappa shape index (κ2) is 8.54. The van der Waals surface area contributed by atoms with E-state index < -0.39 is 0 Å². The second-order valence-electron chi connectivity index (χ2n) is 6.75. The van der Waals surface area contributed by atoms with Gasteiger partial charge in [-0.05, 0) is 35.7 Å². The molecule has 1 amide bonds. The quantitative estimate of drug-likeness (QED) is 0.675. The summed E-state index contributed by atoms with van der Waals surface area (Å²) in [6, 6.07) is 17.3. The summed E-state index contributed by atoms with van der Waals surface area (Å²) in [5.41, 5.74) is 2.55. The van der Waals surface area contributed by atoms with Crippen molar-refractivity contribution in [2.45, 2.75) is 26.3 Å². The number of nitrogens with one attached hydrogen (secondary N) is 1. The lowest BCUT2D eigenvalue weighted by Crippen LogP contribution is -2.32. The Bertz CT molecular complexity index is 870. The molecule has 1 aromatic heterocycles. The van der Waals surface area contributed by atoms with Gasteiger partial charge in [0.15, 0.2) is 0 Å². The third kappa shape index (κ3) is 4.76. The highest BCUT2D eigenvalue weighted by Gasteiger charge is 2.19. The molecule has 2 aromatic carbocycles. The molecule has 1 unspecified atom stereocenters. The molecule has 0 saturated heterocycles. The van der Waals surface area contributed by atoms with Crippen LogP contribution in [0.3, 0.4) is 0 Å². The Hall–Kier alpha value is -3.08. The van der Waals surface area contributed by atoms with Gasteiger partial charge in [0, 0.05) is 5.56 Å². The molecule has 0 radical (unpaired) electrons. The zero-order chi connectivity index (χ0) is 19.2. The Kier molecular flexibility index (Phi) is 5.91. The molecule has 1 heterocycles. The molecular weight excluding hydrogens is 340 g/mol. The summed E-state index contributed by atoms with van der Waals surface area (Å²) in [6.45, 7) is 4.16. The number of rotatable bonds is 7. The fraction of sp³-hybridized carbons (Fsp3) is 0.273. The minimum Gasteiger partial charge on any atom is -0.497 e. The normalized spacial score (nSPS) is 12.0. The van der Waals surface area contributed by atoms with Gasteiger partial charge in [-0.3, -0.25) is 4.79 Å². The average Bonchev–Trinajstić information content (AvgIpc) is 3.15. The van der Waals surface area contributed by atoms with Crippen molar-refractivity contribution in [1.29, 1.82) is 0 Å². The number of ether oxygens (including phenoxy) is 1. The number of amides is 1. The largest absolute Gasteiger partial charge is 0.497 e. The zero-order valence-electron chi connectivity index (χ0n) is 15.8. The summed E-state index contributed by atoms with van der Waals surface area (Å²) in [5, 5.41) is 3.11. The smallest absolute Gasteiger partial charge is 0.226 e. The minimum absolute atomic E-state index is 0.0797. The second-order valence-corrected chi connectivity index (χ2v) is 6.75. The maximum Gasteiger partial charge on any atom is 0.226 e. The lowest BCUT2D eigenvalue weighted by atomic mass is 9.95. The molecule has 0 aliphatic rings. The Labute approximate surface area is 159 Å². The van der Waals surface area contributed by atoms with Gasteiger partial charge in [0.1, 0.15) is 12.0 Å². The van der Waals surface area contributed by atoms with Crippen LogP contribution in [0.5, 0.6) is 5.75 Å². The van der Waals surface area contributed by atoms with Crippen molar-refractivity contribution < 1.29 is 13.9 Å². The van der Waals surface area contributed by atoms with Gasteiger partial charge < -0.3 is 14.5 Å². The molecule has 1 atom stereocenters. The van der Waals surface area contributed by atoms with E-state index in [0.29, 0.717) is 11.6 Å². The first kappa shape index (κ1) is 18.7. The van der Waals surface area contributed by atoms with E-state index in [-0.39, 0.29) is 24.3 Å². The van der Waals surface area contributed by atoms with Gasteiger partial charge >= 0.3 is 0 Å². The van der Waals surface area contributed by atoms with Gasteiger partial charge in [-0.2, -0.15) is 0 Å². The molecule has 140 valence electrons. The van der Waals surface area contributed by atoms with Crippen molar-refractivity contribution in [2.75, 3.05) is 7.11 Å². The predicted octanol–water partition coefficient (Wildman–Crippen LogP) is 4.41. The standard InChI is InChI=1S/C22H24N2O3/c1-15(2)21(16-9-11-19(26-3)12-10-16)24-20(25)13-18-14-27-22(23-18)17-7-5-4-6-8-17/h4-12,14-15,21H,13H2,1-3H3,(H,24,25). The number of carbonyl (C=O) groups is 1. The van der Waals surface area contributed by atoms with E-state index in [1.165, 1.54) is 0 Å². The first-order chi connectivity index (χ1) is 13.1. The molecule has 5 heteroatoms. The van der Waals surface area contributed by atoms with Crippen LogP contribution in [-0.4, -0.2) is 18.0 Å². The SMILES string of the molecule is COc1ccc(C(NC(=O)Cc2coc(-c3ccccc3)n2)C(C)C)cc1. The summed E-state index contributed by atoms with van der Waals surface area (Å²) in [4.78, 5) is 17.0. The number of aromatic nitrogens is 1. The van der Waals surface area contributed by atoms with E-state index in [4.69, 9.17) is 9.15 Å². The van der Waals surface area contributed by atoms with Crippen LogP contribution >= 0.6 is 0 Å². The van der Waals surface area contributed by atoms with Crippen molar-refractivity contribution in [2.24, 2.45) is 5.92 Å². The Morgan fingerprint density at radius 3 is 2.44 bits per heavy atom. The van der Waals surface area contributed by atoms with Crippen LogP contribution in [0.15, 0.2) is 65.3 Å². The van der Waals surface area contributed by atoms with Crippen molar-refractivity contribution in [1.82, 2.24) is 10.3 Å². The Balaban J connectivity index is 1.67. The molecule has 0 bridgehead atoms. The highest BCUT2D eigenvalue weighted by Crippen LogP contribution is 2.24. The number of methoxy groups -OCH3 is 1. The van der Waals surface area contributed by atoms with E-state index >= 15 is 0 Å². The fourth-order valence-corrected chi connectivity index (χ4v) is 2.94. The summed E-state index contributed by atoms with van der Waals surface area (Å²) in [5.74, 6) is 1.48. The van der Waals surface area contributed by atoms with Gasteiger partial charge in [0.05, 0.1) is 25.3 Å². The first-order valence-corrected chi connectivity index (χ1v) is 9.00. The molecule has 0 fully saturated rings. The summed E-state index contributed by atoms with van der Waals surface area (Å²) < 4.78 is 10.7. The predicted molar refractivity (Wildman–Crippen MR) is 104 cm³/mol. The minimum atomic E-state index is -0.0857. The highest BCUT2D eigenvalue weighted by atomic mass is 16.5. The van der Waals surface area contributed by atoms with Gasteiger partial charge in [0.25, 0.3) is 0 Å². The van der Waals surface area contributed by atoms with Crippen LogP contribution in [0.4, 0.5) is 0 Å². The summed E-state index contributed by atoms with van der Waals surface area (Å²) >= 11 is 0. The number of oxazole rings is 1. The Morgan fingerprint density at radius 2 is 1.81 bits per heavy atom. The lowest BCUT2D eigenvalue weighted by molar-refractivity contribution is -0.121. The summed E-state index contributed by atoms with van der Waals surface area (Å²) in [6.07, 6.45) is 1.72. The maximum absolute atomic E-state index is 12.6. The van der Waals surface area contributed by atoms with Crippen molar-refractivity contribution >= 4 is 5.91 Å². The first-order valence-electron chi connectivity index (χ1n) is 9.00. The van der Waals surface area contributed by atoms with Crippen LogP contribution in [0.25, 0.3) is 11.5 Å². The molecule has 27 heavy (non-hydrogen) atoms. The van der Waals surface area contributed by atoms with Crippen molar-refractivity contribution in [3.63, 3.8) is 0 Å². The maximum atomic E-state index is 12.6. The number of nitrogens with zero attached hydrogens (tertiary/aromatic N) is 1. The number of benzene rings is 2. The van der Waals surface area contributed by atoms with Gasteiger partial charge in [-0.1, -0.05) is 44.2 Å². The van der Waals surface area contributed by atoms with Crippen molar-refractivity contribution in [3.05, 3.63) is 72.1 Å². The number of hydrogen-bond acceptors (Lipinski definition) is 4. The monoisotopic (exact) mass is 364 g/mol. The topological polar surface area (TPSA) is 64.4 Å². The molecular formula is C22H24N2O3. The van der Waals surface area contributed by atoms with Crippen LogP contribution < -0.4 is 10.1 Å². The van der Waals surface area contributed by atoms with Crippen molar-refractivity contribution in [3.8, 4) is 17.2 Å². The molecule has 3 rings (SSSR count). The molecule has 1 N–H and O–H groups in total. The van der Waals surface area contributed by atoms with E-state index in [1.54, 1.807) is 13.4 Å². The number of hydrogen-bond donors (Lipinski definition) is 1. The molecule has 0 saturated carbocycles. The molecule has 0 spiro atoms.